The van der Waals surface area contributed by atoms with E-state index in [2.05, 4.69) is 5.32 Å². The maximum atomic E-state index is 11.3. The Morgan fingerprint density at radius 2 is 2.50 bits per heavy atom. The third-order valence-corrected chi connectivity index (χ3v) is 2.79. The molecule has 0 fully saturated rings. The van der Waals surface area contributed by atoms with Gasteiger partial charge in [0.1, 0.15) is 0 Å². The van der Waals surface area contributed by atoms with Crippen molar-refractivity contribution in [3.05, 3.63) is 21.3 Å². The Morgan fingerprint density at radius 1 is 1.75 bits per heavy atom. The van der Waals surface area contributed by atoms with Crippen LogP contribution < -0.4 is 5.32 Å². The molecule has 1 aromatic rings. The predicted molar refractivity (Wildman–Crippen MR) is 52.2 cm³/mol. The molecule has 1 aromatic heterocycles. The second-order valence-electron chi connectivity index (χ2n) is 2.30. The van der Waals surface area contributed by atoms with Crippen LogP contribution in [0.25, 0.3) is 0 Å². The molecule has 0 saturated carbocycles. The molecule has 0 radical (unpaired) electrons. The Kier molecular flexibility index (Phi) is 3.72. The lowest BCUT2D eigenvalue weighted by atomic mass is 10.3. The van der Waals surface area contributed by atoms with Crippen LogP contribution in [-0.4, -0.2) is 18.9 Å². The van der Waals surface area contributed by atoms with E-state index < -0.39 is 0 Å². The second kappa shape index (κ2) is 4.60. The molecule has 0 saturated heterocycles. The molecular formula is C8H10ClNOS. The minimum absolute atomic E-state index is 0.0665. The summed E-state index contributed by atoms with van der Waals surface area (Å²) in [6.45, 7) is 3.13. The summed E-state index contributed by atoms with van der Waals surface area (Å²) in [5, 5.41) is 5.34. The van der Waals surface area contributed by atoms with E-state index in [-0.39, 0.29) is 5.78 Å². The van der Waals surface area contributed by atoms with E-state index in [1.54, 1.807) is 6.07 Å². The van der Waals surface area contributed by atoms with Gasteiger partial charge < -0.3 is 5.32 Å². The normalized spacial score (nSPS) is 10.2. The highest BCUT2D eigenvalue weighted by Crippen LogP contribution is 2.21. The molecule has 4 heteroatoms. The molecule has 0 amide bonds. The molecule has 0 bridgehead atoms. The minimum atomic E-state index is 0.0665. The molecule has 12 heavy (non-hydrogen) atoms. The van der Waals surface area contributed by atoms with Crippen molar-refractivity contribution in [1.29, 1.82) is 0 Å². The number of nitrogens with one attached hydrogen (secondary N) is 1. The summed E-state index contributed by atoms with van der Waals surface area (Å²) in [7, 11) is 0. The predicted octanol–water partition coefficient (Wildman–Crippen LogP) is 2.19. The van der Waals surface area contributed by atoms with Crippen LogP contribution in [0.3, 0.4) is 0 Å². The maximum absolute atomic E-state index is 11.3. The van der Waals surface area contributed by atoms with E-state index in [1.807, 2.05) is 12.3 Å². The van der Waals surface area contributed by atoms with Crippen molar-refractivity contribution in [2.24, 2.45) is 0 Å². The maximum Gasteiger partial charge on any atom is 0.188 e. The van der Waals surface area contributed by atoms with Gasteiger partial charge in [0.15, 0.2) is 5.78 Å². The van der Waals surface area contributed by atoms with Crippen LogP contribution in [0.15, 0.2) is 11.4 Å². The van der Waals surface area contributed by atoms with Crippen molar-refractivity contribution in [3.8, 4) is 0 Å². The number of ketones is 1. The summed E-state index contributed by atoms with van der Waals surface area (Å²) < 4.78 is 0. The Morgan fingerprint density at radius 3 is 3.00 bits per heavy atom. The van der Waals surface area contributed by atoms with Crippen molar-refractivity contribution >= 4 is 28.7 Å². The van der Waals surface area contributed by atoms with Gasteiger partial charge in [0, 0.05) is 0 Å². The number of likely N-dealkylation sites (N-methyl/N-ethyl adjacent to an activating group) is 1. The molecule has 2 nitrogen and oxygen atoms in total. The van der Waals surface area contributed by atoms with Crippen LogP contribution >= 0.6 is 22.9 Å². The number of thiophene rings is 1. The standard InChI is InChI=1S/C8H10ClNOS/c1-2-10-5-7(11)8-6(9)3-4-12-8/h3-4,10H,2,5H2,1H3. The minimum Gasteiger partial charge on any atom is -0.310 e. The summed E-state index contributed by atoms with van der Waals surface area (Å²) in [6, 6.07) is 1.74. The monoisotopic (exact) mass is 203 g/mol. The number of Topliss-reactive ketones (excluding diaryl/α,β-unsaturated/α-hetero) is 1. The fourth-order valence-electron chi connectivity index (χ4n) is 0.812. The van der Waals surface area contributed by atoms with Crippen molar-refractivity contribution in [2.75, 3.05) is 13.1 Å². The van der Waals surface area contributed by atoms with E-state index in [1.165, 1.54) is 11.3 Å². The van der Waals surface area contributed by atoms with E-state index in [0.29, 0.717) is 16.4 Å². The molecule has 1 rings (SSSR count). The van der Waals surface area contributed by atoms with Crippen LogP contribution in [0.4, 0.5) is 0 Å². The molecule has 66 valence electrons. The fourth-order valence-corrected chi connectivity index (χ4v) is 1.91. The highest BCUT2D eigenvalue weighted by molar-refractivity contribution is 7.12. The first-order chi connectivity index (χ1) is 5.75. The van der Waals surface area contributed by atoms with Gasteiger partial charge >= 0.3 is 0 Å². The van der Waals surface area contributed by atoms with E-state index in [9.17, 15) is 4.79 Å². The van der Waals surface area contributed by atoms with Gasteiger partial charge in [-0.25, -0.2) is 0 Å². The first-order valence-corrected chi connectivity index (χ1v) is 4.98. The quantitative estimate of drug-likeness (QED) is 0.761. The number of rotatable bonds is 4. The lowest BCUT2D eigenvalue weighted by molar-refractivity contribution is 0.0996. The van der Waals surface area contributed by atoms with Crippen molar-refractivity contribution in [1.82, 2.24) is 5.32 Å². The Labute approximate surface area is 80.5 Å². The zero-order valence-corrected chi connectivity index (χ0v) is 8.34. The van der Waals surface area contributed by atoms with Crippen LogP contribution in [0.5, 0.6) is 0 Å². The highest BCUT2D eigenvalue weighted by atomic mass is 35.5. The van der Waals surface area contributed by atoms with E-state index in [4.69, 9.17) is 11.6 Å². The second-order valence-corrected chi connectivity index (χ2v) is 3.62. The first kappa shape index (κ1) is 9.71. The molecule has 1 N–H and O–H groups in total. The topological polar surface area (TPSA) is 29.1 Å². The number of carbonyl (C=O) groups excluding carboxylic acids is 1. The number of hydrogen-bond acceptors (Lipinski definition) is 3. The Balaban J connectivity index is 2.59. The zero-order chi connectivity index (χ0) is 8.97. The number of halogens is 1. The van der Waals surface area contributed by atoms with Crippen LogP contribution in [-0.2, 0) is 0 Å². The van der Waals surface area contributed by atoms with Gasteiger partial charge in [-0.2, -0.15) is 0 Å². The average molecular weight is 204 g/mol. The number of carbonyl (C=O) groups is 1. The van der Waals surface area contributed by atoms with Crippen molar-refractivity contribution in [3.63, 3.8) is 0 Å². The lowest BCUT2D eigenvalue weighted by Crippen LogP contribution is -2.21. The van der Waals surface area contributed by atoms with Gasteiger partial charge in [-0.1, -0.05) is 18.5 Å². The average Bonchev–Trinajstić information content (AvgIpc) is 2.47. The summed E-state index contributed by atoms with van der Waals surface area (Å²) in [4.78, 5) is 12.0. The van der Waals surface area contributed by atoms with Gasteiger partial charge in [0.05, 0.1) is 16.4 Å². The molecule has 0 unspecified atom stereocenters. The Hall–Kier alpha value is -0.380. The van der Waals surface area contributed by atoms with Gasteiger partial charge in [-0.3, -0.25) is 4.79 Å². The summed E-state index contributed by atoms with van der Waals surface area (Å²) >= 11 is 7.16. The zero-order valence-electron chi connectivity index (χ0n) is 6.76. The molecular weight excluding hydrogens is 194 g/mol. The van der Waals surface area contributed by atoms with Gasteiger partial charge in [0.25, 0.3) is 0 Å². The third kappa shape index (κ3) is 2.30. The van der Waals surface area contributed by atoms with Crippen LogP contribution in [0, 0.1) is 0 Å². The Bertz CT molecular complexity index is 272. The number of hydrogen-bond donors (Lipinski definition) is 1. The van der Waals surface area contributed by atoms with Crippen molar-refractivity contribution < 1.29 is 4.79 Å². The van der Waals surface area contributed by atoms with E-state index >= 15 is 0 Å². The van der Waals surface area contributed by atoms with Crippen molar-refractivity contribution in [2.45, 2.75) is 6.92 Å². The summed E-state index contributed by atoms with van der Waals surface area (Å²) in [6.07, 6.45) is 0. The summed E-state index contributed by atoms with van der Waals surface area (Å²) in [5.74, 6) is 0.0665. The molecule has 0 spiro atoms. The summed E-state index contributed by atoms with van der Waals surface area (Å²) in [5.41, 5.74) is 0. The highest BCUT2D eigenvalue weighted by Gasteiger charge is 2.10. The fraction of sp³-hybridized carbons (Fsp3) is 0.375. The molecule has 0 aliphatic carbocycles. The van der Waals surface area contributed by atoms with E-state index in [0.717, 1.165) is 6.54 Å². The lowest BCUT2D eigenvalue weighted by Gasteiger charge is -1.98. The molecule has 0 aliphatic rings. The largest absolute Gasteiger partial charge is 0.310 e. The molecule has 0 atom stereocenters. The molecule has 0 aromatic carbocycles. The van der Waals surface area contributed by atoms with Crippen LogP contribution in [0.2, 0.25) is 5.02 Å². The SMILES string of the molecule is CCNCC(=O)c1sccc1Cl. The molecule has 0 aliphatic heterocycles. The smallest absolute Gasteiger partial charge is 0.188 e. The van der Waals surface area contributed by atoms with Crippen LogP contribution in [0.1, 0.15) is 16.6 Å². The third-order valence-electron chi connectivity index (χ3n) is 1.41. The van der Waals surface area contributed by atoms with Gasteiger partial charge in [0.2, 0.25) is 0 Å². The first-order valence-electron chi connectivity index (χ1n) is 3.72. The van der Waals surface area contributed by atoms with Gasteiger partial charge in [-0.05, 0) is 18.0 Å². The van der Waals surface area contributed by atoms with Gasteiger partial charge in [-0.15, -0.1) is 11.3 Å². The molecule has 1 heterocycles.